The van der Waals surface area contributed by atoms with Crippen LogP contribution in [0, 0.1) is 5.92 Å². The van der Waals surface area contributed by atoms with E-state index in [9.17, 15) is 9.90 Å². The molecule has 0 unspecified atom stereocenters. The van der Waals surface area contributed by atoms with Crippen molar-refractivity contribution in [1.82, 2.24) is 0 Å². The van der Waals surface area contributed by atoms with Gasteiger partial charge in [-0.25, -0.2) is 4.79 Å². The molecule has 120 valence electrons. The van der Waals surface area contributed by atoms with Crippen molar-refractivity contribution in [3.8, 4) is 5.75 Å². The summed E-state index contributed by atoms with van der Waals surface area (Å²) in [5.74, 6) is 1.44. The van der Waals surface area contributed by atoms with E-state index in [0.717, 1.165) is 24.1 Å². The number of unbranched alkanes of at least 4 members (excludes halogenated alkanes) is 2. The van der Waals surface area contributed by atoms with Crippen molar-refractivity contribution in [2.24, 2.45) is 5.92 Å². The minimum atomic E-state index is -0.456. The van der Waals surface area contributed by atoms with E-state index in [1.54, 1.807) is 6.07 Å². The number of hydrogen-bond acceptors (Lipinski definition) is 4. The van der Waals surface area contributed by atoms with Crippen LogP contribution in [0.2, 0.25) is 0 Å². The molecule has 0 aliphatic heterocycles. The molecule has 1 N–H and O–H groups in total. The molecule has 0 aliphatic carbocycles. The summed E-state index contributed by atoms with van der Waals surface area (Å²) in [6.45, 7) is 4.95. The van der Waals surface area contributed by atoms with E-state index in [4.69, 9.17) is 9.15 Å². The third-order valence-electron chi connectivity index (χ3n) is 3.67. The van der Waals surface area contributed by atoms with Crippen LogP contribution in [0.15, 0.2) is 33.5 Å². The van der Waals surface area contributed by atoms with Crippen molar-refractivity contribution in [3.63, 3.8) is 0 Å². The number of fused-ring (bicyclic) bond motifs is 1. The summed E-state index contributed by atoms with van der Waals surface area (Å²) < 4.78 is 10.9. The van der Waals surface area contributed by atoms with Gasteiger partial charge in [-0.3, -0.25) is 0 Å². The SMILES string of the molecule is CC(C)CCCCCOc1ccc2c(CO)cc(=O)oc2c1. The van der Waals surface area contributed by atoms with Crippen molar-refractivity contribution < 1.29 is 14.3 Å². The topological polar surface area (TPSA) is 59.7 Å². The lowest BCUT2D eigenvalue weighted by Crippen LogP contribution is -2.02. The molecular formula is C18H24O4. The number of rotatable bonds is 8. The lowest BCUT2D eigenvalue weighted by molar-refractivity contribution is 0.282. The third-order valence-corrected chi connectivity index (χ3v) is 3.67. The zero-order valence-electron chi connectivity index (χ0n) is 13.3. The van der Waals surface area contributed by atoms with E-state index < -0.39 is 5.63 Å². The molecule has 0 fully saturated rings. The van der Waals surface area contributed by atoms with Crippen molar-refractivity contribution in [1.29, 1.82) is 0 Å². The Hall–Kier alpha value is -1.81. The fourth-order valence-corrected chi connectivity index (χ4v) is 2.45. The van der Waals surface area contributed by atoms with Gasteiger partial charge < -0.3 is 14.3 Å². The second kappa shape index (κ2) is 7.99. The van der Waals surface area contributed by atoms with E-state index in [1.165, 1.54) is 18.9 Å². The Morgan fingerprint density at radius 1 is 1.18 bits per heavy atom. The van der Waals surface area contributed by atoms with Crippen LogP contribution in [-0.2, 0) is 6.61 Å². The van der Waals surface area contributed by atoms with Crippen LogP contribution in [0.3, 0.4) is 0 Å². The molecule has 4 nitrogen and oxygen atoms in total. The maximum atomic E-state index is 11.4. The average molecular weight is 304 g/mol. The smallest absolute Gasteiger partial charge is 0.336 e. The molecule has 1 heterocycles. The molecule has 4 heteroatoms. The van der Waals surface area contributed by atoms with Crippen molar-refractivity contribution in [2.45, 2.75) is 46.1 Å². The van der Waals surface area contributed by atoms with Crippen LogP contribution >= 0.6 is 0 Å². The third kappa shape index (κ3) is 4.60. The Labute approximate surface area is 130 Å². The van der Waals surface area contributed by atoms with Gasteiger partial charge in [0.25, 0.3) is 0 Å². The van der Waals surface area contributed by atoms with Crippen LogP contribution in [-0.4, -0.2) is 11.7 Å². The van der Waals surface area contributed by atoms with Crippen molar-refractivity contribution in [2.75, 3.05) is 6.61 Å². The highest BCUT2D eigenvalue weighted by atomic mass is 16.5. The van der Waals surface area contributed by atoms with Crippen LogP contribution in [0.4, 0.5) is 0 Å². The quantitative estimate of drug-likeness (QED) is 0.594. The minimum absolute atomic E-state index is 0.182. The lowest BCUT2D eigenvalue weighted by atomic mass is 10.1. The van der Waals surface area contributed by atoms with Crippen LogP contribution in [0.25, 0.3) is 11.0 Å². The first-order valence-electron chi connectivity index (χ1n) is 7.90. The molecule has 2 aromatic rings. The summed E-state index contributed by atoms with van der Waals surface area (Å²) in [6, 6.07) is 6.69. The molecule has 0 atom stereocenters. The standard InChI is InChI=1S/C18H24O4/c1-13(2)6-4-3-5-9-21-15-7-8-16-14(12-19)10-18(20)22-17(16)11-15/h7-8,10-11,13,19H,3-6,9,12H2,1-2H3. The van der Waals surface area contributed by atoms with E-state index >= 15 is 0 Å². The molecular weight excluding hydrogens is 280 g/mol. The Balaban J connectivity index is 1.94. The van der Waals surface area contributed by atoms with Crippen molar-refractivity contribution in [3.05, 3.63) is 40.2 Å². The van der Waals surface area contributed by atoms with Gasteiger partial charge in [0, 0.05) is 17.5 Å². The van der Waals surface area contributed by atoms with Gasteiger partial charge >= 0.3 is 5.63 Å². The summed E-state index contributed by atoms with van der Waals surface area (Å²) in [7, 11) is 0. The molecule has 0 aliphatic rings. The Kier molecular flexibility index (Phi) is 6.01. The number of benzene rings is 1. The number of hydrogen-bond donors (Lipinski definition) is 1. The maximum Gasteiger partial charge on any atom is 0.336 e. The molecule has 1 aromatic heterocycles. The molecule has 0 bridgehead atoms. The normalized spacial score (nSPS) is 11.3. The summed E-state index contributed by atoms with van der Waals surface area (Å²) in [5.41, 5.74) is 0.572. The van der Waals surface area contributed by atoms with E-state index in [2.05, 4.69) is 13.8 Å². The monoisotopic (exact) mass is 304 g/mol. The average Bonchev–Trinajstić information content (AvgIpc) is 2.49. The second-order valence-electron chi connectivity index (χ2n) is 6.00. The summed E-state index contributed by atoms with van der Waals surface area (Å²) in [4.78, 5) is 11.4. The van der Waals surface area contributed by atoms with Gasteiger partial charge in [0.15, 0.2) is 0 Å². The first-order valence-corrected chi connectivity index (χ1v) is 7.90. The predicted molar refractivity (Wildman–Crippen MR) is 87.2 cm³/mol. The summed E-state index contributed by atoms with van der Waals surface area (Å²) >= 11 is 0. The summed E-state index contributed by atoms with van der Waals surface area (Å²) in [5, 5.41) is 10.0. The van der Waals surface area contributed by atoms with Gasteiger partial charge in [0.2, 0.25) is 0 Å². The molecule has 22 heavy (non-hydrogen) atoms. The van der Waals surface area contributed by atoms with Crippen molar-refractivity contribution >= 4 is 11.0 Å². The van der Waals surface area contributed by atoms with Gasteiger partial charge in [-0.05, 0) is 30.0 Å². The van der Waals surface area contributed by atoms with E-state index in [-0.39, 0.29) is 6.61 Å². The van der Waals surface area contributed by atoms with Gasteiger partial charge in [-0.2, -0.15) is 0 Å². The molecule has 0 radical (unpaired) electrons. The minimum Gasteiger partial charge on any atom is -0.493 e. The number of aliphatic hydroxyl groups is 1. The highest BCUT2D eigenvalue weighted by Crippen LogP contribution is 2.23. The predicted octanol–water partition coefficient (Wildman–Crippen LogP) is 3.88. The summed E-state index contributed by atoms with van der Waals surface area (Å²) in [6.07, 6.45) is 4.67. The Bertz CT molecular complexity index is 658. The van der Waals surface area contributed by atoms with Gasteiger partial charge in [0.05, 0.1) is 13.2 Å². The molecule has 0 spiro atoms. The molecule has 2 rings (SSSR count). The first kappa shape index (κ1) is 16.6. The number of ether oxygens (including phenoxy) is 1. The van der Waals surface area contributed by atoms with Crippen LogP contribution < -0.4 is 10.4 Å². The Morgan fingerprint density at radius 2 is 2.00 bits per heavy atom. The molecule has 1 aromatic carbocycles. The zero-order valence-corrected chi connectivity index (χ0v) is 13.3. The number of aliphatic hydroxyl groups excluding tert-OH is 1. The second-order valence-corrected chi connectivity index (χ2v) is 6.00. The first-order chi connectivity index (χ1) is 10.6. The highest BCUT2D eigenvalue weighted by molar-refractivity contribution is 5.81. The zero-order chi connectivity index (χ0) is 15.9. The highest BCUT2D eigenvalue weighted by Gasteiger charge is 2.06. The Morgan fingerprint density at radius 3 is 2.73 bits per heavy atom. The van der Waals surface area contributed by atoms with E-state index in [1.807, 2.05) is 12.1 Å². The fourth-order valence-electron chi connectivity index (χ4n) is 2.45. The molecule has 0 amide bonds. The van der Waals surface area contributed by atoms with Gasteiger partial charge in [0.1, 0.15) is 11.3 Å². The van der Waals surface area contributed by atoms with Gasteiger partial charge in [-0.15, -0.1) is 0 Å². The maximum absolute atomic E-state index is 11.4. The van der Waals surface area contributed by atoms with E-state index in [0.29, 0.717) is 23.5 Å². The van der Waals surface area contributed by atoms with Crippen LogP contribution in [0.5, 0.6) is 5.75 Å². The fraction of sp³-hybridized carbons (Fsp3) is 0.500. The molecule has 0 saturated carbocycles. The molecule has 0 saturated heterocycles. The van der Waals surface area contributed by atoms with Crippen LogP contribution in [0.1, 0.15) is 45.1 Å². The largest absolute Gasteiger partial charge is 0.493 e. The lowest BCUT2D eigenvalue weighted by Gasteiger charge is -2.08. The van der Waals surface area contributed by atoms with Gasteiger partial charge in [-0.1, -0.05) is 33.1 Å².